The third-order valence-electron chi connectivity index (χ3n) is 5.51. The minimum Gasteiger partial charge on any atom is -0.339 e. The largest absolute Gasteiger partial charge is 0.339 e. The Labute approximate surface area is 116 Å². The van der Waals surface area contributed by atoms with Gasteiger partial charge < -0.3 is 10.2 Å². The summed E-state index contributed by atoms with van der Waals surface area (Å²) in [4.78, 5) is 17.4. The second-order valence-electron chi connectivity index (χ2n) is 6.49. The summed E-state index contributed by atoms with van der Waals surface area (Å²) >= 11 is 0. The van der Waals surface area contributed by atoms with Crippen LogP contribution in [0.2, 0.25) is 0 Å². The van der Waals surface area contributed by atoms with E-state index in [9.17, 15) is 4.79 Å². The monoisotopic (exact) mass is 265 g/mol. The van der Waals surface area contributed by atoms with Crippen molar-refractivity contribution in [1.82, 2.24) is 15.1 Å². The number of likely N-dealkylation sites (tertiary alicyclic amines) is 1. The predicted octanol–water partition coefficient (Wildman–Crippen LogP) is 1.07. The van der Waals surface area contributed by atoms with Gasteiger partial charge in [-0.3, -0.25) is 9.69 Å². The first kappa shape index (κ1) is 13.4. The highest BCUT2D eigenvalue weighted by Gasteiger charge is 2.46. The van der Waals surface area contributed by atoms with E-state index in [1.54, 1.807) is 0 Å². The lowest BCUT2D eigenvalue weighted by Gasteiger charge is -2.49. The van der Waals surface area contributed by atoms with E-state index >= 15 is 0 Å². The van der Waals surface area contributed by atoms with Gasteiger partial charge in [0.2, 0.25) is 5.91 Å². The van der Waals surface area contributed by atoms with Gasteiger partial charge in [-0.05, 0) is 19.3 Å². The van der Waals surface area contributed by atoms with Crippen molar-refractivity contribution >= 4 is 5.91 Å². The Bertz CT molecular complexity index is 326. The van der Waals surface area contributed by atoms with Crippen LogP contribution < -0.4 is 5.32 Å². The van der Waals surface area contributed by atoms with Crippen molar-refractivity contribution < 1.29 is 4.79 Å². The number of carbonyl (C=O) groups is 1. The molecule has 1 N–H and O–H groups in total. The standard InChI is InChI=1S/C15H27N3O/c1-2-15(5-3-4-6-15)14(19)18-11-13(12-18)17-9-7-16-8-10-17/h13,16H,2-12H2,1H3. The molecule has 1 saturated carbocycles. The molecule has 0 aromatic rings. The Kier molecular flexibility index (Phi) is 3.81. The molecule has 0 radical (unpaired) electrons. The van der Waals surface area contributed by atoms with Gasteiger partial charge in [0.25, 0.3) is 0 Å². The van der Waals surface area contributed by atoms with Gasteiger partial charge in [0.15, 0.2) is 0 Å². The lowest BCUT2D eigenvalue weighted by molar-refractivity contribution is -0.150. The molecule has 2 saturated heterocycles. The molecule has 0 aromatic carbocycles. The summed E-state index contributed by atoms with van der Waals surface area (Å²) in [6.07, 6.45) is 5.76. The summed E-state index contributed by atoms with van der Waals surface area (Å²) < 4.78 is 0. The fraction of sp³-hybridized carbons (Fsp3) is 0.933. The number of carbonyl (C=O) groups excluding carboxylic acids is 1. The lowest BCUT2D eigenvalue weighted by Crippen LogP contribution is -2.65. The van der Waals surface area contributed by atoms with Crippen LogP contribution in [0, 0.1) is 5.41 Å². The van der Waals surface area contributed by atoms with E-state index in [-0.39, 0.29) is 5.41 Å². The maximum Gasteiger partial charge on any atom is 0.228 e. The van der Waals surface area contributed by atoms with Crippen molar-refractivity contribution in [3.63, 3.8) is 0 Å². The molecule has 4 nitrogen and oxygen atoms in total. The molecule has 1 aliphatic carbocycles. The second-order valence-corrected chi connectivity index (χ2v) is 6.49. The van der Waals surface area contributed by atoms with E-state index < -0.39 is 0 Å². The first-order valence-electron chi connectivity index (χ1n) is 7.99. The minimum absolute atomic E-state index is 0.00836. The molecule has 3 aliphatic rings. The van der Waals surface area contributed by atoms with Crippen LogP contribution >= 0.6 is 0 Å². The average molecular weight is 265 g/mol. The summed E-state index contributed by atoms with van der Waals surface area (Å²) in [7, 11) is 0. The number of hydrogen-bond donors (Lipinski definition) is 1. The minimum atomic E-state index is 0.00836. The van der Waals surface area contributed by atoms with Crippen LogP contribution in [0.4, 0.5) is 0 Å². The van der Waals surface area contributed by atoms with Gasteiger partial charge in [0, 0.05) is 50.7 Å². The fourth-order valence-corrected chi connectivity index (χ4v) is 4.01. The van der Waals surface area contributed by atoms with Gasteiger partial charge >= 0.3 is 0 Å². The summed E-state index contributed by atoms with van der Waals surface area (Å²) in [6, 6.07) is 0.626. The molecule has 19 heavy (non-hydrogen) atoms. The van der Waals surface area contributed by atoms with E-state index in [0.717, 1.165) is 58.5 Å². The van der Waals surface area contributed by atoms with Crippen molar-refractivity contribution in [3.8, 4) is 0 Å². The van der Waals surface area contributed by atoms with Gasteiger partial charge in [-0.25, -0.2) is 0 Å². The summed E-state index contributed by atoms with van der Waals surface area (Å²) in [5, 5.41) is 3.39. The molecule has 108 valence electrons. The zero-order valence-corrected chi connectivity index (χ0v) is 12.2. The van der Waals surface area contributed by atoms with E-state index in [0.29, 0.717) is 11.9 Å². The number of hydrogen-bond acceptors (Lipinski definition) is 3. The Morgan fingerprint density at radius 3 is 2.42 bits per heavy atom. The Balaban J connectivity index is 1.53. The number of nitrogens with zero attached hydrogens (tertiary/aromatic N) is 2. The Hall–Kier alpha value is -0.610. The van der Waals surface area contributed by atoms with Gasteiger partial charge in [0.1, 0.15) is 0 Å². The van der Waals surface area contributed by atoms with Crippen LogP contribution in [0.5, 0.6) is 0 Å². The van der Waals surface area contributed by atoms with Crippen molar-refractivity contribution in [2.45, 2.75) is 45.1 Å². The molecule has 4 heteroatoms. The van der Waals surface area contributed by atoms with E-state index in [2.05, 4.69) is 22.0 Å². The summed E-state index contributed by atoms with van der Waals surface area (Å²) in [6.45, 7) is 8.63. The molecule has 2 aliphatic heterocycles. The third kappa shape index (κ3) is 2.40. The molecule has 0 unspecified atom stereocenters. The molecule has 3 rings (SSSR count). The van der Waals surface area contributed by atoms with Gasteiger partial charge in [-0.15, -0.1) is 0 Å². The molecule has 2 heterocycles. The molecule has 0 aromatic heterocycles. The highest BCUT2D eigenvalue weighted by Crippen LogP contribution is 2.43. The van der Waals surface area contributed by atoms with Crippen LogP contribution in [0.25, 0.3) is 0 Å². The van der Waals surface area contributed by atoms with Crippen LogP contribution in [-0.2, 0) is 4.79 Å². The zero-order chi connectivity index (χ0) is 13.3. The van der Waals surface area contributed by atoms with Crippen molar-refractivity contribution in [1.29, 1.82) is 0 Å². The average Bonchev–Trinajstić information content (AvgIpc) is 2.88. The molecule has 0 atom stereocenters. The Morgan fingerprint density at radius 2 is 1.84 bits per heavy atom. The smallest absolute Gasteiger partial charge is 0.228 e. The maximum absolute atomic E-state index is 12.7. The topological polar surface area (TPSA) is 35.6 Å². The second kappa shape index (κ2) is 5.41. The first-order valence-corrected chi connectivity index (χ1v) is 7.99. The summed E-state index contributed by atoms with van der Waals surface area (Å²) in [5.74, 6) is 0.457. The van der Waals surface area contributed by atoms with Gasteiger partial charge in [-0.1, -0.05) is 19.8 Å². The molecular weight excluding hydrogens is 238 g/mol. The van der Waals surface area contributed by atoms with Crippen LogP contribution in [0.1, 0.15) is 39.0 Å². The fourth-order valence-electron chi connectivity index (χ4n) is 4.01. The van der Waals surface area contributed by atoms with Crippen LogP contribution in [-0.4, -0.2) is 61.0 Å². The SMILES string of the molecule is CCC1(C(=O)N2CC(N3CCNCC3)C2)CCCC1. The number of rotatable bonds is 3. The van der Waals surface area contributed by atoms with Crippen molar-refractivity contribution in [2.75, 3.05) is 39.3 Å². The molecule has 0 bridgehead atoms. The van der Waals surface area contributed by atoms with Gasteiger partial charge in [-0.2, -0.15) is 0 Å². The zero-order valence-electron chi connectivity index (χ0n) is 12.2. The molecule has 3 fully saturated rings. The normalized spacial score (nSPS) is 28.4. The number of nitrogens with one attached hydrogen (secondary N) is 1. The van der Waals surface area contributed by atoms with Crippen molar-refractivity contribution in [3.05, 3.63) is 0 Å². The molecule has 0 spiro atoms. The number of piperazine rings is 1. The lowest BCUT2D eigenvalue weighted by atomic mass is 9.81. The maximum atomic E-state index is 12.7. The van der Waals surface area contributed by atoms with Gasteiger partial charge in [0.05, 0.1) is 0 Å². The van der Waals surface area contributed by atoms with E-state index in [1.807, 2.05) is 0 Å². The Morgan fingerprint density at radius 1 is 1.21 bits per heavy atom. The molecular formula is C15H27N3O. The van der Waals surface area contributed by atoms with Crippen LogP contribution in [0.3, 0.4) is 0 Å². The quantitative estimate of drug-likeness (QED) is 0.829. The third-order valence-corrected chi connectivity index (χ3v) is 5.51. The molecule has 1 amide bonds. The van der Waals surface area contributed by atoms with E-state index in [4.69, 9.17) is 0 Å². The summed E-state index contributed by atoms with van der Waals surface area (Å²) in [5.41, 5.74) is 0.00836. The highest BCUT2D eigenvalue weighted by molar-refractivity contribution is 5.83. The van der Waals surface area contributed by atoms with Crippen LogP contribution in [0.15, 0.2) is 0 Å². The highest BCUT2D eigenvalue weighted by atomic mass is 16.2. The van der Waals surface area contributed by atoms with E-state index in [1.165, 1.54) is 12.8 Å². The first-order chi connectivity index (χ1) is 9.25. The van der Waals surface area contributed by atoms with Crippen molar-refractivity contribution in [2.24, 2.45) is 5.41 Å². The predicted molar refractivity (Wildman–Crippen MR) is 76.0 cm³/mol. The number of amides is 1.